The predicted octanol–water partition coefficient (Wildman–Crippen LogP) is 5.11. The normalized spacial score (nSPS) is 11.0. The quantitative estimate of drug-likeness (QED) is 0.437. The molecule has 0 aliphatic carbocycles. The molecule has 31 heavy (non-hydrogen) atoms. The number of ether oxygens (including phenoxy) is 2. The first kappa shape index (κ1) is 21.9. The molecule has 0 aliphatic rings. The van der Waals surface area contributed by atoms with Crippen molar-refractivity contribution in [1.82, 2.24) is 0 Å². The lowest BCUT2D eigenvalue weighted by molar-refractivity contribution is -0.137. The van der Waals surface area contributed by atoms with Crippen molar-refractivity contribution < 1.29 is 32.2 Å². The number of amides is 1. The smallest absolute Gasteiger partial charge is 0.416 e. The van der Waals surface area contributed by atoms with E-state index in [1.54, 1.807) is 36.4 Å². The molecular weight excluding hydrogens is 411 g/mol. The molecule has 0 spiro atoms. The Hall–Kier alpha value is -3.81. The summed E-state index contributed by atoms with van der Waals surface area (Å²) in [6, 6.07) is 17.2. The number of methoxy groups -OCH3 is 1. The van der Waals surface area contributed by atoms with E-state index in [0.29, 0.717) is 22.6 Å². The lowest BCUT2D eigenvalue weighted by Gasteiger charge is -2.10. The van der Waals surface area contributed by atoms with Crippen molar-refractivity contribution in [2.75, 3.05) is 12.4 Å². The van der Waals surface area contributed by atoms with Crippen molar-refractivity contribution in [3.63, 3.8) is 0 Å². The molecule has 160 valence electrons. The maximum Gasteiger partial charge on any atom is 0.416 e. The van der Waals surface area contributed by atoms with Crippen molar-refractivity contribution in [1.29, 1.82) is 0 Å². The highest BCUT2D eigenvalue weighted by Gasteiger charge is 2.30. The van der Waals surface area contributed by atoms with Gasteiger partial charge < -0.3 is 14.8 Å². The first-order valence-corrected chi connectivity index (χ1v) is 9.17. The topological polar surface area (TPSA) is 64.6 Å². The first-order chi connectivity index (χ1) is 14.8. The van der Waals surface area contributed by atoms with Crippen LogP contribution in [0.4, 0.5) is 18.9 Å². The zero-order valence-corrected chi connectivity index (χ0v) is 16.4. The van der Waals surface area contributed by atoms with Gasteiger partial charge in [-0.15, -0.1) is 0 Å². The molecule has 0 heterocycles. The Bertz CT molecular complexity index is 1060. The van der Waals surface area contributed by atoms with Gasteiger partial charge in [-0.05, 0) is 54.1 Å². The van der Waals surface area contributed by atoms with Crippen LogP contribution in [0, 0.1) is 0 Å². The standard InChI is InChI=1S/C23H18F3NO4/c1-30-20-5-3-2-4-19(20)22(29)27-17-10-12-18(13-11-17)31-21(28)14-15-6-8-16(9-7-15)23(24,25)26/h2-13H,14H2,1H3,(H,27,29). The SMILES string of the molecule is COc1ccccc1C(=O)Nc1ccc(OC(=O)Cc2ccc(C(F)(F)F)cc2)cc1. The van der Waals surface area contributed by atoms with E-state index in [1.807, 2.05) is 0 Å². The predicted molar refractivity (Wildman–Crippen MR) is 108 cm³/mol. The van der Waals surface area contributed by atoms with Crippen LogP contribution in [0.15, 0.2) is 72.8 Å². The molecular formula is C23H18F3NO4. The summed E-state index contributed by atoms with van der Waals surface area (Å²) in [6.45, 7) is 0. The van der Waals surface area contributed by atoms with Gasteiger partial charge in [0.05, 0.1) is 24.7 Å². The van der Waals surface area contributed by atoms with Crippen molar-refractivity contribution in [3.05, 3.63) is 89.5 Å². The van der Waals surface area contributed by atoms with Crippen molar-refractivity contribution in [2.24, 2.45) is 0 Å². The number of carbonyl (C=O) groups is 2. The monoisotopic (exact) mass is 429 g/mol. The van der Waals surface area contributed by atoms with Crippen LogP contribution in [0.1, 0.15) is 21.5 Å². The molecule has 0 atom stereocenters. The summed E-state index contributed by atoms with van der Waals surface area (Å²) in [4.78, 5) is 24.5. The van der Waals surface area contributed by atoms with Crippen LogP contribution in [0.5, 0.6) is 11.5 Å². The second kappa shape index (κ2) is 9.34. The molecule has 3 rings (SSSR count). The van der Waals surface area contributed by atoms with E-state index in [9.17, 15) is 22.8 Å². The number of benzene rings is 3. The fourth-order valence-electron chi connectivity index (χ4n) is 2.78. The van der Waals surface area contributed by atoms with Crippen molar-refractivity contribution in [3.8, 4) is 11.5 Å². The minimum absolute atomic E-state index is 0.176. The Morgan fingerprint density at radius 2 is 1.55 bits per heavy atom. The van der Waals surface area contributed by atoms with Crippen LogP contribution in [0.3, 0.4) is 0 Å². The molecule has 0 unspecified atom stereocenters. The molecule has 1 N–H and O–H groups in total. The largest absolute Gasteiger partial charge is 0.496 e. The van der Waals surface area contributed by atoms with E-state index in [1.165, 1.54) is 31.4 Å². The second-order valence-corrected chi connectivity index (χ2v) is 6.52. The molecule has 0 radical (unpaired) electrons. The number of halogens is 3. The van der Waals surface area contributed by atoms with Crippen LogP contribution in [0.25, 0.3) is 0 Å². The van der Waals surface area contributed by atoms with E-state index in [-0.39, 0.29) is 18.1 Å². The summed E-state index contributed by atoms with van der Waals surface area (Å²) in [7, 11) is 1.47. The number of esters is 1. The molecule has 0 fully saturated rings. The summed E-state index contributed by atoms with van der Waals surface area (Å²) in [5.41, 5.74) is 0.476. The number of nitrogens with one attached hydrogen (secondary N) is 1. The van der Waals surface area contributed by atoms with Crippen LogP contribution < -0.4 is 14.8 Å². The maximum absolute atomic E-state index is 12.6. The van der Waals surface area contributed by atoms with Gasteiger partial charge in [-0.2, -0.15) is 13.2 Å². The van der Waals surface area contributed by atoms with Gasteiger partial charge >= 0.3 is 12.1 Å². The highest BCUT2D eigenvalue weighted by molar-refractivity contribution is 6.06. The molecule has 3 aromatic rings. The molecule has 0 bridgehead atoms. The van der Waals surface area contributed by atoms with Crippen LogP contribution in [-0.4, -0.2) is 19.0 Å². The lowest BCUT2D eigenvalue weighted by Crippen LogP contribution is -2.13. The number of para-hydroxylation sites is 1. The molecule has 0 aliphatic heterocycles. The van der Waals surface area contributed by atoms with E-state index >= 15 is 0 Å². The Balaban J connectivity index is 1.57. The Morgan fingerprint density at radius 1 is 0.903 bits per heavy atom. The van der Waals surface area contributed by atoms with E-state index in [4.69, 9.17) is 9.47 Å². The molecule has 0 saturated carbocycles. The Labute approximate surface area is 176 Å². The van der Waals surface area contributed by atoms with Gasteiger partial charge in [0.15, 0.2) is 0 Å². The number of carbonyl (C=O) groups excluding carboxylic acids is 2. The average Bonchev–Trinajstić information content (AvgIpc) is 2.74. The fraction of sp³-hybridized carbons (Fsp3) is 0.130. The van der Waals surface area contributed by atoms with Crippen LogP contribution >= 0.6 is 0 Å². The van der Waals surface area contributed by atoms with Crippen molar-refractivity contribution in [2.45, 2.75) is 12.6 Å². The summed E-state index contributed by atoms with van der Waals surface area (Å²) in [6.07, 6.45) is -4.60. The lowest BCUT2D eigenvalue weighted by atomic mass is 10.1. The third-order valence-electron chi connectivity index (χ3n) is 4.33. The molecule has 3 aromatic carbocycles. The summed E-state index contributed by atoms with van der Waals surface area (Å²) < 4.78 is 48.1. The molecule has 8 heteroatoms. The van der Waals surface area contributed by atoms with E-state index in [0.717, 1.165) is 12.1 Å². The number of hydrogen-bond acceptors (Lipinski definition) is 4. The van der Waals surface area contributed by atoms with Gasteiger partial charge in [-0.25, -0.2) is 0 Å². The minimum Gasteiger partial charge on any atom is -0.496 e. The molecule has 0 saturated heterocycles. The number of alkyl halides is 3. The Kier molecular flexibility index (Phi) is 6.59. The van der Waals surface area contributed by atoms with Gasteiger partial charge in [0, 0.05) is 5.69 Å². The second-order valence-electron chi connectivity index (χ2n) is 6.52. The number of hydrogen-bond donors (Lipinski definition) is 1. The number of rotatable bonds is 6. The molecule has 5 nitrogen and oxygen atoms in total. The van der Waals surface area contributed by atoms with E-state index in [2.05, 4.69) is 5.32 Å². The van der Waals surface area contributed by atoms with Crippen LogP contribution in [-0.2, 0) is 17.4 Å². The summed E-state index contributed by atoms with van der Waals surface area (Å²) in [5.74, 6) is -0.295. The van der Waals surface area contributed by atoms with Crippen LogP contribution in [0.2, 0.25) is 0 Å². The third kappa shape index (κ3) is 5.85. The highest BCUT2D eigenvalue weighted by atomic mass is 19.4. The summed E-state index contributed by atoms with van der Waals surface area (Å²) >= 11 is 0. The molecule has 0 aromatic heterocycles. The maximum atomic E-state index is 12.6. The zero-order chi connectivity index (χ0) is 22.4. The number of anilines is 1. The van der Waals surface area contributed by atoms with Gasteiger partial charge in [0.2, 0.25) is 0 Å². The van der Waals surface area contributed by atoms with Crippen molar-refractivity contribution >= 4 is 17.6 Å². The highest BCUT2D eigenvalue weighted by Crippen LogP contribution is 2.29. The van der Waals surface area contributed by atoms with E-state index < -0.39 is 17.7 Å². The fourth-order valence-corrected chi connectivity index (χ4v) is 2.78. The average molecular weight is 429 g/mol. The first-order valence-electron chi connectivity index (χ1n) is 9.17. The van der Waals surface area contributed by atoms with Gasteiger partial charge in [-0.3, -0.25) is 9.59 Å². The Morgan fingerprint density at radius 3 is 2.16 bits per heavy atom. The molecule has 1 amide bonds. The van der Waals surface area contributed by atoms with Gasteiger partial charge in [0.25, 0.3) is 5.91 Å². The summed E-state index contributed by atoms with van der Waals surface area (Å²) in [5, 5.41) is 2.72. The minimum atomic E-state index is -4.43. The van der Waals surface area contributed by atoms with Gasteiger partial charge in [0.1, 0.15) is 11.5 Å². The van der Waals surface area contributed by atoms with Gasteiger partial charge in [-0.1, -0.05) is 24.3 Å². The zero-order valence-electron chi connectivity index (χ0n) is 16.4. The third-order valence-corrected chi connectivity index (χ3v) is 4.33.